The SMILES string of the molecule is CC(C)CC(C)Oc1ccc(C#N)c(C#N)c1Br. The lowest BCUT2D eigenvalue weighted by Crippen LogP contribution is -2.15. The Hall–Kier alpha value is -1.52. The van der Waals surface area contributed by atoms with Gasteiger partial charge in [0.2, 0.25) is 0 Å². The van der Waals surface area contributed by atoms with Crippen molar-refractivity contribution >= 4 is 15.9 Å². The molecule has 3 nitrogen and oxygen atoms in total. The van der Waals surface area contributed by atoms with Gasteiger partial charge in [0.15, 0.2) is 0 Å². The van der Waals surface area contributed by atoms with Crippen molar-refractivity contribution < 1.29 is 4.74 Å². The third-order valence-electron chi connectivity index (χ3n) is 2.47. The number of benzene rings is 1. The van der Waals surface area contributed by atoms with Crippen molar-refractivity contribution in [3.63, 3.8) is 0 Å². The summed E-state index contributed by atoms with van der Waals surface area (Å²) in [5, 5.41) is 18.0. The molecule has 1 aromatic rings. The summed E-state index contributed by atoms with van der Waals surface area (Å²) in [4.78, 5) is 0. The third-order valence-corrected chi connectivity index (χ3v) is 3.26. The van der Waals surface area contributed by atoms with E-state index in [1.807, 2.05) is 19.1 Å². The minimum Gasteiger partial charge on any atom is -0.489 e. The van der Waals surface area contributed by atoms with Crippen LogP contribution in [0.3, 0.4) is 0 Å². The van der Waals surface area contributed by atoms with Crippen LogP contribution in [0.15, 0.2) is 16.6 Å². The maximum atomic E-state index is 9.05. The van der Waals surface area contributed by atoms with E-state index in [4.69, 9.17) is 15.3 Å². The highest BCUT2D eigenvalue weighted by atomic mass is 79.9. The maximum Gasteiger partial charge on any atom is 0.135 e. The van der Waals surface area contributed by atoms with Crippen LogP contribution in [0, 0.1) is 28.6 Å². The topological polar surface area (TPSA) is 56.8 Å². The van der Waals surface area contributed by atoms with Crippen LogP contribution in [-0.4, -0.2) is 6.10 Å². The number of nitriles is 2. The minimum atomic E-state index is 0.0702. The van der Waals surface area contributed by atoms with Crippen LogP contribution < -0.4 is 4.74 Å². The van der Waals surface area contributed by atoms with Gasteiger partial charge < -0.3 is 4.74 Å². The lowest BCUT2D eigenvalue weighted by Gasteiger charge is -2.18. The fourth-order valence-electron chi connectivity index (χ4n) is 1.78. The quantitative estimate of drug-likeness (QED) is 0.844. The van der Waals surface area contributed by atoms with Gasteiger partial charge in [0.05, 0.1) is 21.7 Å². The molecule has 4 heteroatoms. The number of rotatable bonds is 4. The summed E-state index contributed by atoms with van der Waals surface area (Å²) in [6.45, 7) is 6.26. The second kappa shape index (κ2) is 6.42. The third kappa shape index (κ3) is 3.48. The van der Waals surface area contributed by atoms with E-state index in [0.717, 1.165) is 6.42 Å². The molecular formula is C14H15BrN2O. The van der Waals surface area contributed by atoms with Crippen LogP contribution in [0.2, 0.25) is 0 Å². The zero-order valence-electron chi connectivity index (χ0n) is 10.7. The van der Waals surface area contributed by atoms with Gasteiger partial charge in [-0.15, -0.1) is 0 Å². The molecule has 0 aliphatic heterocycles. The average molecular weight is 307 g/mol. The molecule has 1 aromatic carbocycles. The summed E-state index contributed by atoms with van der Waals surface area (Å²) < 4.78 is 6.35. The molecule has 0 saturated heterocycles. The van der Waals surface area contributed by atoms with E-state index in [0.29, 0.717) is 27.3 Å². The number of ether oxygens (including phenoxy) is 1. The van der Waals surface area contributed by atoms with Gasteiger partial charge in [-0.25, -0.2) is 0 Å². The number of halogens is 1. The summed E-state index contributed by atoms with van der Waals surface area (Å²) >= 11 is 3.33. The number of hydrogen-bond donors (Lipinski definition) is 0. The summed E-state index contributed by atoms with van der Waals surface area (Å²) in [5.74, 6) is 1.16. The lowest BCUT2D eigenvalue weighted by atomic mass is 10.1. The first-order valence-electron chi connectivity index (χ1n) is 5.79. The van der Waals surface area contributed by atoms with Gasteiger partial charge in [-0.2, -0.15) is 10.5 Å². The molecule has 1 unspecified atom stereocenters. The zero-order chi connectivity index (χ0) is 13.7. The Balaban J connectivity index is 2.99. The summed E-state index contributed by atoms with van der Waals surface area (Å²) in [5.41, 5.74) is 0.681. The molecule has 94 valence electrons. The van der Waals surface area contributed by atoms with E-state index >= 15 is 0 Å². The predicted molar refractivity (Wildman–Crippen MR) is 73.1 cm³/mol. The van der Waals surface area contributed by atoms with Crippen molar-refractivity contribution in [3.8, 4) is 17.9 Å². The van der Waals surface area contributed by atoms with E-state index in [1.165, 1.54) is 0 Å². The molecule has 1 atom stereocenters. The molecule has 0 aliphatic rings. The minimum absolute atomic E-state index is 0.0702. The molecule has 0 saturated carbocycles. The summed E-state index contributed by atoms with van der Waals surface area (Å²) in [6.07, 6.45) is 1.01. The standard InChI is InChI=1S/C14H15BrN2O/c1-9(2)6-10(3)18-13-5-4-11(7-16)12(8-17)14(13)15/h4-5,9-10H,6H2,1-3H3. The van der Waals surface area contributed by atoms with E-state index < -0.39 is 0 Å². The van der Waals surface area contributed by atoms with Gasteiger partial charge in [0.25, 0.3) is 0 Å². The molecule has 0 fully saturated rings. The average Bonchev–Trinajstić information content (AvgIpc) is 2.30. The van der Waals surface area contributed by atoms with Crippen molar-refractivity contribution in [2.45, 2.75) is 33.3 Å². The molecule has 0 amide bonds. The Bertz CT molecular complexity index is 512. The Kier molecular flexibility index (Phi) is 5.19. The van der Waals surface area contributed by atoms with Crippen LogP contribution in [0.4, 0.5) is 0 Å². The van der Waals surface area contributed by atoms with Crippen LogP contribution in [-0.2, 0) is 0 Å². The normalized spacial score (nSPS) is 11.7. The number of hydrogen-bond acceptors (Lipinski definition) is 3. The highest BCUT2D eigenvalue weighted by Gasteiger charge is 2.14. The Labute approximate surface area is 116 Å². The van der Waals surface area contributed by atoms with Crippen molar-refractivity contribution in [3.05, 3.63) is 27.7 Å². The van der Waals surface area contributed by atoms with E-state index in [1.54, 1.807) is 12.1 Å². The molecule has 0 heterocycles. The number of nitrogens with zero attached hydrogens (tertiary/aromatic N) is 2. The first-order valence-corrected chi connectivity index (χ1v) is 6.58. The lowest BCUT2D eigenvalue weighted by molar-refractivity contribution is 0.192. The van der Waals surface area contributed by atoms with Gasteiger partial charge in [-0.05, 0) is 47.3 Å². The largest absolute Gasteiger partial charge is 0.489 e. The molecule has 0 N–H and O–H groups in total. The van der Waals surface area contributed by atoms with Crippen molar-refractivity contribution in [1.29, 1.82) is 10.5 Å². The van der Waals surface area contributed by atoms with Gasteiger partial charge in [-0.1, -0.05) is 13.8 Å². The van der Waals surface area contributed by atoms with Gasteiger partial charge in [0.1, 0.15) is 17.9 Å². The van der Waals surface area contributed by atoms with Crippen LogP contribution in [0.1, 0.15) is 38.3 Å². The molecule has 0 spiro atoms. The van der Waals surface area contributed by atoms with Crippen LogP contribution in [0.25, 0.3) is 0 Å². The molecule has 0 radical (unpaired) electrons. The molecular weight excluding hydrogens is 292 g/mol. The molecule has 0 aromatic heterocycles. The molecule has 0 bridgehead atoms. The molecule has 1 rings (SSSR count). The van der Waals surface area contributed by atoms with E-state index in [9.17, 15) is 0 Å². The second-order valence-corrected chi connectivity index (χ2v) is 5.37. The summed E-state index contributed by atoms with van der Waals surface area (Å²) in [7, 11) is 0. The fraction of sp³-hybridized carbons (Fsp3) is 0.429. The maximum absolute atomic E-state index is 9.05. The highest BCUT2D eigenvalue weighted by molar-refractivity contribution is 9.10. The van der Waals surface area contributed by atoms with Gasteiger partial charge >= 0.3 is 0 Å². The first kappa shape index (κ1) is 14.5. The smallest absolute Gasteiger partial charge is 0.135 e. The fourth-order valence-corrected chi connectivity index (χ4v) is 2.31. The van der Waals surface area contributed by atoms with E-state index in [-0.39, 0.29) is 6.10 Å². The molecule has 0 aliphatic carbocycles. The Morgan fingerprint density at radius 3 is 2.39 bits per heavy atom. The van der Waals surface area contributed by atoms with E-state index in [2.05, 4.69) is 29.8 Å². The van der Waals surface area contributed by atoms with Gasteiger partial charge in [-0.3, -0.25) is 0 Å². The van der Waals surface area contributed by atoms with Crippen LogP contribution >= 0.6 is 15.9 Å². The summed E-state index contributed by atoms with van der Waals surface area (Å²) in [6, 6.07) is 7.35. The van der Waals surface area contributed by atoms with Crippen molar-refractivity contribution in [2.75, 3.05) is 0 Å². The first-order chi connectivity index (χ1) is 8.49. The monoisotopic (exact) mass is 306 g/mol. The molecule has 18 heavy (non-hydrogen) atoms. The second-order valence-electron chi connectivity index (χ2n) is 4.58. The van der Waals surface area contributed by atoms with Crippen molar-refractivity contribution in [1.82, 2.24) is 0 Å². The van der Waals surface area contributed by atoms with Gasteiger partial charge in [0, 0.05) is 0 Å². The highest BCUT2D eigenvalue weighted by Crippen LogP contribution is 2.31. The van der Waals surface area contributed by atoms with Crippen molar-refractivity contribution in [2.24, 2.45) is 5.92 Å². The Morgan fingerprint density at radius 2 is 1.89 bits per heavy atom. The predicted octanol–water partition coefficient (Wildman–Crippen LogP) is 4.01. The Morgan fingerprint density at radius 1 is 1.22 bits per heavy atom. The van der Waals surface area contributed by atoms with Crippen LogP contribution in [0.5, 0.6) is 5.75 Å². The zero-order valence-corrected chi connectivity index (χ0v) is 12.3.